The van der Waals surface area contributed by atoms with Crippen LogP contribution in [0.5, 0.6) is 5.75 Å². The highest BCUT2D eigenvalue weighted by molar-refractivity contribution is 5.84. The average Bonchev–Trinajstić information content (AvgIpc) is 2.59. The van der Waals surface area contributed by atoms with Crippen molar-refractivity contribution in [1.82, 2.24) is 4.57 Å². The van der Waals surface area contributed by atoms with E-state index >= 15 is 0 Å². The Morgan fingerprint density at radius 1 is 1.04 bits per heavy atom. The van der Waals surface area contributed by atoms with Gasteiger partial charge in [-0.15, -0.1) is 0 Å². The van der Waals surface area contributed by atoms with E-state index in [9.17, 15) is 4.79 Å². The average molecular weight is 321 g/mol. The third-order valence-electron chi connectivity index (χ3n) is 4.54. The minimum absolute atomic E-state index is 0.0104. The van der Waals surface area contributed by atoms with Gasteiger partial charge in [0, 0.05) is 12.6 Å². The molecule has 0 saturated carbocycles. The van der Waals surface area contributed by atoms with Crippen molar-refractivity contribution in [1.29, 1.82) is 0 Å². The maximum atomic E-state index is 12.7. The van der Waals surface area contributed by atoms with Crippen LogP contribution >= 0.6 is 0 Å². The summed E-state index contributed by atoms with van der Waals surface area (Å²) in [5.41, 5.74) is 2.37. The standard InChI is InChI=1S/C21H23NO2/c1-5-21(2,3)24-17-12-10-15(11-13-17)18-14-16-8-6-7-9-19(16)22(4)20(18)23/h6-14H,5H2,1-4H3. The van der Waals surface area contributed by atoms with Gasteiger partial charge < -0.3 is 9.30 Å². The SMILES string of the molecule is CCC(C)(C)Oc1ccc(-c2cc3ccccc3n(C)c2=O)cc1. The number of benzene rings is 2. The molecular formula is C21H23NO2. The van der Waals surface area contributed by atoms with Crippen molar-refractivity contribution in [2.45, 2.75) is 32.8 Å². The molecule has 0 radical (unpaired) electrons. The monoisotopic (exact) mass is 321 g/mol. The van der Waals surface area contributed by atoms with Crippen LogP contribution in [0.2, 0.25) is 0 Å². The fraction of sp³-hybridized carbons (Fsp3) is 0.286. The molecule has 0 fully saturated rings. The van der Waals surface area contributed by atoms with Gasteiger partial charge in [0.1, 0.15) is 11.4 Å². The molecule has 0 saturated heterocycles. The summed E-state index contributed by atoms with van der Waals surface area (Å²) in [6, 6.07) is 17.7. The number of para-hydroxylation sites is 1. The predicted molar refractivity (Wildman–Crippen MR) is 99.6 cm³/mol. The molecule has 0 aliphatic rings. The van der Waals surface area contributed by atoms with Crippen LogP contribution in [-0.4, -0.2) is 10.2 Å². The fourth-order valence-electron chi connectivity index (χ4n) is 2.72. The van der Waals surface area contributed by atoms with Gasteiger partial charge in [-0.1, -0.05) is 37.3 Å². The normalized spacial score (nSPS) is 11.7. The van der Waals surface area contributed by atoms with E-state index in [-0.39, 0.29) is 11.2 Å². The molecule has 0 aliphatic carbocycles. The zero-order valence-electron chi connectivity index (χ0n) is 14.7. The largest absolute Gasteiger partial charge is 0.488 e. The molecule has 0 unspecified atom stereocenters. The van der Waals surface area contributed by atoms with Crippen molar-refractivity contribution in [2.24, 2.45) is 7.05 Å². The number of pyridine rings is 1. The predicted octanol–water partition coefficient (Wildman–Crippen LogP) is 4.77. The molecule has 0 bridgehead atoms. The lowest BCUT2D eigenvalue weighted by atomic mass is 10.0. The Morgan fingerprint density at radius 2 is 1.71 bits per heavy atom. The van der Waals surface area contributed by atoms with Crippen LogP contribution in [0.3, 0.4) is 0 Å². The first-order valence-electron chi connectivity index (χ1n) is 8.29. The van der Waals surface area contributed by atoms with Gasteiger partial charge >= 0.3 is 0 Å². The van der Waals surface area contributed by atoms with Gasteiger partial charge in [-0.25, -0.2) is 0 Å². The zero-order chi connectivity index (χ0) is 17.3. The van der Waals surface area contributed by atoms with Crippen LogP contribution in [0.15, 0.2) is 59.4 Å². The van der Waals surface area contributed by atoms with E-state index in [0.717, 1.165) is 28.6 Å². The molecule has 124 valence electrons. The van der Waals surface area contributed by atoms with Crippen molar-refractivity contribution < 1.29 is 4.74 Å². The number of aryl methyl sites for hydroxylation is 1. The lowest BCUT2D eigenvalue weighted by molar-refractivity contribution is 0.105. The quantitative estimate of drug-likeness (QED) is 0.693. The number of fused-ring (bicyclic) bond motifs is 1. The zero-order valence-corrected chi connectivity index (χ0v) is 14.7. The highest BCUT2D eigenvalue weighted by Crippen LogP contribution is 2.25. The van der Waals surface area contributed by atoms with Crippen molar-refractivity contribution >= 4 is 10.9 Å². The van der Waals surface area contributed by atoms with Crippen LogP contribution in [0.25, 0.3) is 22.0 Å². The van der Waals surface area contributed by atoms with Gasteiger partial charge in [-0.05, 0) is 55.5 Å². The Kier molecular flexibility index (Phi) is 4.18. The van der Waals surface area contributed by atoms with E-state index < -0.39 is 0 Å². The van der Waals surface area contributed by atoms with E-state index in [0.29, 0.717) is 5.56 Å². The molecule has 0 atom stereocenters. The second-order valence-corrected chi connectivity index (χ2v) is 6.72. The van der Waals surface area contributed by atoms with Crippen molar-refractivity contribution in [3.8, 4) is 16.9 Å². The molecule has 0 aliphatic heterocycles. The third kappa shape index (κ3) is 3.07. The lowest BCUT2D eigenvalue weighted by Crippen LogP contribution is -2.26. The number of ether oxygens (including phenoxy) is 1. The van der Waals surface area contributed by atoms with E-state index in [2.05, 4.69) is 20.8 Å². The molecule has 0 spiro atoms. The Bertz CT molecular complexity index is 921. The molecule has 3 heteroatoms. The number of nitrogens with zero attached hydrogens (tertiary/aromatic N) is 1. The number of aromatic nitrogens is 1. The van der Waals surface area contributed by atoms with Gasteiger partial charge in [0.15, 0.2) is 0 Å². The van der Waals surface area contributed by atoms with E-state index in [1.165, 1.54) is 0 Å². The van der Waals surface area contributed by atoms with Crippen molar-refractivity contribution in [3.05, 3.63) is 65.0 Å². The number of hydrogen-bond donors (Lipinski definition) is 0. The second kappa shape index (κ2) is 6.16. The summed E-state index contributed by atoms with van der Waals surface area (Å²) < 4.78 is 7.69. The van der Waals surface area contributed by atoms with Crippen LogP contribution in [0.1, 0.15) is 27.2 Å². The summed E-state index contributed by atoms with van der Waals surface area (Å²) in [4.78, 5) is 12.7. The molecule has 24 heavy (non-hydrogen) atoms. The maximum absolute atomic E-state index is 12.7. The molecule has 0 N–H and O–H groups in total. The van der Waals surface area contributed by atoms with Gasteiger partial charge in [0.05, 0.1) is 5.52 Å². The molecule has 3 aromatic rings. The summed E-state index contributed by atoms with van der Waals surface area (Å²) in [6.07, 6.45) is 0.931. The van der Waals surface area contributed by atoms with Gasteiger partial charge in [-0.2, -0.15) is 0 Å². The minimum atomic E-state index is -0.194. The highest BCUT2D eigenvalue weighted by atomic mass is 16.5. The van der Waals surface area contributed by atoms with Crippen LogP contribution in [0, 0.1) is 0 Å². The molecule has 3 nitrogen and oxygen atoms in total. The van der Waals surface area contributed by atoms with Crippen molar-refractivity contribution in [2.75, 3.05) is 0 Å². The lowest BCUT2D eigenvalue weighted by Gasteiger charge is -2.24. The molecule has 2 aromatic carbocycles. The first-order valence-corrected chi connectivity index (χ1v) is 8.29. The first-order chi connectivity index (χ1) is 11.4. The van der Waals surface area contributed by atoms with E-state index in [4.69, 9.17) is 4.74 Å². The van der Waals surface area contributed by atoms with Crippen LogP contribution < -0.4 is 10.3 Å². The Labute approximate surface area is 142 Å². The Morgan fingerprint density at radius 3 is 2.38 bits per heavy atom. The molecular weight excluding hydrogens is 298 g/mol. The summed E-state index contributed by atoms with van der Waals surface area (Å²) in [5, 5.41) is 1.06. The van der Waals surface area contributed by atoms with Crippen LogP contribution in [0.4, 0.5) is 0 Å². The topological polar surface area (TPSA) is 31.2 Å². The second-order valence-electron chi connectivity index (χ2n) is 6.72. The smallest absolute Gasteiger partial charge is 0.258 e. The van der Waals surface area contributed by atoms with Gasteiger partial charge in [0.25, 0.3) is 5.56 Å². The maximum Gasteiger partial charge on any atom is 0.258 e. The minimum Gasteiger partial charge on any atom is -0.488 e. The number of hydrogen-bond acceptors (Lipinski definition) is 2. The van der Waals surface area contributed by atoms with Gasteiger partial charge in [0.2, 0.25) is 0 Å². The summed E-state index contributed by atoms with van der Waals surface area (Å²) >= 11 is 0. The summed E-state index contributed by atoms with van der Waals surface area (Å²) in [5.74, 6) is 0.822. The fourth-order valence-corrected chi connectivity index (χ4v) is 2.72. The van der Waals surface area contributed by atoms with Crippen molar-refractivity contribution in [3.63, 3.8) is 0 Å². The molecule has 0 amide bonds. The summed E-state index contributed by atoms with van der Waals surface area (Å²) in [6.45, 7) is 6.24. The summed E-state index contributed by atoms with van der Waals surface area (Å²) in [7, 11) is 1.81. The molecule has 1 heterocycles. The van der Waals surface area contributed by atoms with Gasteiger partial charge in [-0.3, -0.25) is 4.79 Å². The van der Waals surface area contributed by atoms with E-state index in [1.54, 1.807) is 4.57 Å². The molecule has 1 aromatic heterocycles. The van der Waals surface area contributed by atoms with E-state index in [1.807, 2.05) is 61.6 Å². The first kappa shape index (κ1) is 16.3. The molecule has 3 rings (SSSR count). The van der Waals surface area contributed by atoms with Crippen LogP contribution in [-0.2, 0) is 7.05 Å². The number of rotatable bonds is 4. The third-order valence-corrected chi connectivity index (χ3v) is 4.54. The Balaban J connectivity index is 2.02. The Hall–Kier alpha value is -2.55. The highest BCUT2D eigenvalue weighted by Gasteiger charge is 2.17.